The molecule has 15 heavy (non-hydrogen) atoms. The van der Waals surface area contributed by atoms with E-state index in [1.165, 1.54) is 0 Å². The van der Waals surface area contributed by atoms with E-state index >= 15 is 0 Å². The molecule has 0 radical (unpaired) electrons. The van der Waals surface area contributed by atoms with Crippen LogP contribution in [-0.2, 0) is 4.79 Å². The number of para-hydroxylation sites is 1. The number of carboxylic acid groups (broad SMARTS) is 1. The van der Waals surface area contributed by atoms with Crippen molar-refractivity contribution in [1.82, 2.24) is 4.98 Å². The summed E-state index contributed by atoms with van der Waals surface area (Å²) in [6.07, 6.45) is 1.62. The second kappa shape index (κ2) is 3.56. The van der Waals surface area contributed by atoms with Gasteiger partial charge in [0.05, 0.1) is 10.5 Å². The first kappa shape index (κ1) is 10.0. The third-order valence-corrected chi connectivity index (χ3v) is 2.61. The van der Waals surface area contributed by atoms with Gasteiger partial charge in [0.25, 0.3) is 0 Å². The fraction of sp³-hybridized carbons (Fsp3) is 0.100. The minimum absolute atomic E-state index is 0.534. The first-order valence-electron chi connectivity index (χ1n) is 4.35. The molecule has 5 heteroatoms. The first-order valence-corrected chi connectivity index (χ1v) is 4.73. The number of carbonyl (C=O) groups is 1. The summed E-state index contributed by atoms with van der Waals surface area (Å²) in [5.41, 5.74) is 6.76. The Morgan fingerprint density at radius 2 is 2.27 bits per heavy atom. The number of rotatable bonds is 2. The Morgan fingerprint density at radius 1 is 1.53 bits per heavy atom. The van der Waals surface area contributed by atoms with Crippen molar-refractivity contribution in [3.8, 4) is 0 Å². The number of nitrogens with one attached hydrogen (secondary N) is 1. The standard InChI is InChI=1S/C10H9ClN2O2/c11-7-4-13-9-5(7)2-1-3-6(9)8(12)10(14)15/h1-4,8,13H,12H2,(H,14,15). The van der Waals surface area contributed by atoms with Gasteiger partial charge in [-0.2, -0.15) is 0 Å². The average Bonchev–Trinajstić information content (AvgIpc) is 2.59. The number of nitrogens with two attached hydrogens (primary N) is 1. The lowest BCUT2D eigenvalue weighted by molar-refractivity contribution is -0.138. The predicted molar refractivity (Wildman–Crippen MR) is 57.9 cm³/mol. The summed E-state index contributed by atoms with van der Waals surface area (Å²) in [4.78, 5) is 13.7. The van der Waals surface area contributed by atoms with E-state index in [1.807, 2.05) is 6.07 Å². The molecule has 1 atom stereocenters. The Bertz CT molecular complexity index is 521. The highest BCUT2D eigenvalue weighted by atomic mass is 35.5. The zero-order chi connectivity index (χ0) is 11.0. The highest BCUT2D eigenvalue weighted by molar-refractivity contribution is 6.35. The van der Waals surface area contributed by atoms with Gasteiger partial charge in [-0.05, 0) is 0 Å². The number of hydrogen-bond acceptors (Lipinski definition) is 2. The average molecular weight is 225 g/mol. The molecule has 78 valence electrons. The first-order chi connectivity index (χ1) is 7.11. The summed E-state index contributed by atoms with van der Waals surface area (Å²) < 4.78 is 0. The fourth-order valence-electron chi connectivity index (χ4n) is 1.54. The van der Waals surface area contributed by atoms with Gasteiger partial charge in [0, 0.05) is 17.1 Å². The summed E-state index contributed by atoms with van der Waals surface area (Å²) in [5, 5.41) is 10.2. The quantitative estimate of drug-likeness (QED) is 0.729. The van der Waals surface area contributed by atoms with Crippen LogP contribution >= 0.6 is 11.6 Å². The number of fused-ring (bicyclic) bond motifs is 1. The number of H-pyrrole nitrogens is 1. The van der Waals surface area contributed by atoms with Crippen molar-refractivity contribution >= 4 is 28.5 Å². The van der Waals surface area contributed by atoms with Crippen LogP contribution in [0.4, 0.5) is 0 Å². The van der Waals surface area contributed by atoms with E-state index in [0.29, 0.717) is 16.1 Å². The molecule has 0 aliphatic rings. The Morgan fingerprint density at radius 3 is 2.93 bits per heavy atom. The Kier molecular flexibility index (Phi) is 2.38. The van der Waals surface area contributed by atoms with Crippen molar-refractivity contribution in [3.05, 3.63) is 35.0 Å². The van der Waals surface area contributed by atoms with Crippen LogP contribution in [0.5, 0.6) is 0 Å². The van der Waals surface area contributed by atoms with E-state index in [-0.39, 0.29) is 0 Å². The third-order valence-electron chi connectivity index (χ3n) is 2.30. The number of carboxylic acids is 1. The molecule has 1 unspecified atom stereocenters. The molecule has 0 saturated heterocycles. The monoisotopic (exact) mass is 224 g/mol. The lowest BCUT2D eigenvalue weighted by Crippen LogP contribution is -2.20. The number of aromatic nitrogens is 1. The van der Waals surface area contributed by atoms with Crippen molar-refractivity contribution in [3.63, 3.8) is 0 Å². The molecule has 1 aromatic carbocycles. The lowest BCUT2D eigenvalue weighted by Gasteiger charge is -2.07. The zero-order valence-electron chi connectivity index (χ0n) is 7.70. The summed E-state index contributed by atoms with van der Waals surface area (Å²) in [7, 11) is 0. The van der Waals surface area contributed by atoms with Crippen LogP contribution in [0, 0.1) is 0 Å². The Balaban J connectivity index is 2.66. The maximum absolute atomic E-state index is 10.8. The van der Waals surface area contributed by atoms with Crippen LogP contribution in [0.25, 0.3) is 10.9 Å². The van der Waals surface area contributed by atoms with Gasteiger partial charge in [0.1, 0.15) is 6.04 Å². The highest BCUT2D eigenvalue weighted by Crippen LogP contribution is 2.27. The molecule has 1 aromatic heterocycles. The highest BCUT2D eigenvalue weighted by Gasteiger charge is 2.18. The summed E-state index contributed by atoms with van der Waals surface area (Å²) in [5.74, 6) is -1.06. The lowest BCUT2D eigenvalue weighted by atomic mass is 10.1. The van der Waals surface area contributed by atoms with Crippen molar-refractivity contribution in [2.75, 3.05) is 0 Å². The molecule has 0 aliphatic heterocycles. The van der Waals surface area contributed by atoms with Crippen LogP contribution < -0.4 is 5.73 Å². The normalized spacial score (nSPS) is 12.9. The van der Waals surface area contributed by atoms with Crippen LogP contribution in [0.3, 0.4) is 0 Å². The Hall–Kier alpha value is -1.52. The van der Waals surface area contributed by atoms with E-state index < -0.39 is 12.0 Å². The summed E-state index contributed by atoms with van der Waals surface area (Å²) in [6.45, 7) is 0. The molecule has 4 N–H and O–H groups in total. The van der Waals surface area contributed by atoms with Gasteiger partial charge in [-0.1, -0.05) is 29.8 Å². The van der Waals surface area contributed by atoms with Gasteiger partial charge in [0.2, 0.25) is 0 Å². The third kappa shape index (κ3) is 1.58. The minimum atomic E-state index is -1.06. The van der Waals surface area contributed by atoms with Gasteiger partial charge < -0.3 is 15.8 Å². The largest absolute Gasteiger partial charge is 0.480 e. The van der Waals surface area contributed by atoms with E-state index in [4.69, 9.17) is 22.4 Å². The fourth-order valence-corrected chi connectivity index (χ4v) is 1.75. The van der Waals surface area contributed by atoms with Crippen molar-refractivity contribution in [1.29, 1.82) is 0 Å². The second-order valence-corrected chi connectivity index (χ2v) is 3.63. The van der Waals surface area contributed by atoms with Gasteiger partial charge in [-0.15, -0.1) is 0 Å². The minimum Gasteiger partial charge on any atom is -0.480 e. The molecule has 0 amide bonds. The molecule has 2 rings (SSSR count). The molecular weight excluding hydrogens is 216 g/mol. The van der Waals surface area contributed by atoms with Crippen LogP contribution in [0.2, 0.25) is 5.02 Å². The second-order valence-electron chi connectivity index (χ2n) is 3.22. The van der Waals surface area contributed by atoms with Crippen molar-refractivity contribution < 1.29 is 9.90 Å². The molecule has 0 bridgehead atoms. The van der Waals surface area contributed by atoms with Crippen molar-refractivity contribution in [2.45, 2.75) is 6.04 Å². The van der Waals surface area contributed by atoms with Crippen LogP contribution in [-0.4, -0.2) is 16.1 Å². The Labute approximate surface area is 90.7 Å². The molecule has 0 saturated carbocycles. The van der Waals surface area contributed by atoms with E-state index in [0.717, 1.165) is 5.39 Å². The van der Waals surface area contributed by atoms with Gasteiger partial charge in [-0.25, -0.2) is 0 Å². The van der Waals surface area contributed by atoms with E-state index in [9.17, 15) is 4.79 Å². The number of aliphatic carboxylic acids is 1. The maximum Gasteiger partial charge on any atom is 0.325 e. The maximum atomic E-state index is 10.8. The zero-order valence-corrected chi connectivity index (χ0v) is 8.45. The topological polar surface area (TPSA) is 79.1 Å². The van der Waals surface area contributed by atoms with Crippen LogP contribution in [0.1, 0.15) is 11.6 Å². The van der Waals surface area contributed by atoms with Gasteiger partial charge in [0.15, 0.2) is 0 Å². The smallest absolute Gasteiger partial charge is 0.325 e. The molecule has 0 fully saturated rings. The predicted octanol–water partition coefficient (Wildman–Crippen LogP) is 1.91. The molecule has 0 aliphatic carbocycles. The van der Waals surface area contributed by atoms with Gasteiger partial charge >= 0.3 is 5.97 Å². The van der Waals surface area contributed by atoms with Crippen LogP contribution in [0.15, 0.2) is 24.4 Å². The van der Waals surface area contributed by atoms with Crippen molar-refractivity contribution in [2.24, 2.45) is 5.73 Å². The van der Waals surface area contributed by atoms with E-state index in [1.54, 1.807) is 18.3 Å². The number of benzene rings is 1. The molecular formula is C10H9ClN2O2. The molecule has 0 spiro atoms. The SMILES string of the molecule is NC(C(=O)O)c1cccc2c(Cl)c[nH]c12. The number of aromatic amines is 1. The number of hydrogen-bond donors (Lipinski definition) is 3. The molecule has 1 heterocycles. The van der Waals surface area contributed by atoms with E-state index in [2.05, 4.69) is 4.98 Å². The number of halogens is 1. The summed E-state index contributed by atoms with van der Waals surface area (Å²) >= 11 is 5.91. The van der Waals surface area contributed by atoms with Gasteiger partial charge in [-0.3, -0.25) is 4.79 Å². The summed E-state index contributed by atoms with van der Waals surface area (Å²) in [6, 6.07) is 4.18. The molecule has 2 aromatic rings. The molecule has 4 nitrogen and oxygen atoms in total.